The first-order valence-electron chi connectivity index (χ1n) is 8.64. The van der Waals surface area contributed by atoms with Crippen LogP contribution in [0.25, 0.3) is 10.2 Å². The van der Waals surface area contributed by atoms with Gasteiger partial charge in [0.25, 0.3) is 0 Å². The second kappa shape index (κ2) is 7.42. The van der Waals surface area contributed by atoms with Crippen molar-refractivity contribution in [2.45, 2.75) is 11.1 Å². The smallest absolute Gasteiger partial charge is 0.345 e. The third-order valence-electron chi connectivity index (χ3n) is 4.67. The Labute approximate surface area is 174 Å². The van der Waals surface area contributed by atoms with Crippen molar-refractivity contribution in [3.8, 4) is 0 Å². The summed E-state index contributed by atoms with van der Waals surface area (Å²) in [7, 11) is -4.06. The van der Waals surface area contributed by atoms with Crippen LogP contribution in [-0.2, 0) is 16.2 Å². The average Bonchev–Trinajstić information content (AvgIpc) is 3.11. The van der Waals surface area contributed by atoms with E-state index in [4.69, 9.17) is 11.6 Å². The zero-order valence-corrected chi connectivity index (χ0v) is 17.2. The highest BCUT2D eigenvalue weighted by atomic mass is 35.5. The lowest BCUT2D eigenvalue weighted by molar-refractivity contribution is -0.137. The molecule has 1 fully saturated rings. The molecular weight excluding hydrogens is 447 g/mol. The molecule has 1 aliphatic heterocycles. The lowest BCUT2D eigenvalue weighted by Gasteiger charge is -2.33. The Morgan fingerprint density at radius 1 is 1.03 bits per heavy atom. The van der Waals surface area contributed by atoms with Gasteiger partial charge in [-0.05, 0) is 30.3 Å². The Hall–Kier alpha value is -1.88. The topological polar surface area (TPSA) is 53.5 Å². The fourth-order valence-electron chi connectivity index (χ4n) is 3.15. The third-order valence-corrected chi connectivity index (χ3v) is 7.99. The van der Waals surface area contributed by atoms with Crippen LogP contribution < -0.4 is 4.90 Å². The largest absolute Gasteiger partial charge is 0.417 e. The van der Waals surface area contributed by atoms with Gasteiger partial charge in [-0.3, -0.25) is 0 Å². The van der Waals surface area contributed by atoms with Crippen LogP contribution in [0.15, 0.2) is 47.4 Å². The minimum atomic E-state index is -4.73. The minimum Gasteiger partial charge on any atom is -0.345 e. The Kier molecular flexibility index (Phi) is 5.22. The summed E-state index contributed by atoms with van der Waals surface area (Å²) in [5, 5.41) is 0.270. The summed E-state index contributed by atoms with van der Waals surface area (Å²) in [6.07, 6.45) is -4.73. The van der Waals surface area contributed by atoms with E-state index in [0.29, 0.717) is 19.2 Å². The van der Waals surface area contributed by atoms with E-state index in [-0.39, 0.29) is 13.1 Å². The molecule has 3 aromatic rings. The molecule has 0 N–H and O–H groups in total. The van der Waals surface area contributed by atoms with Crippen molar-refractivity contribution in [1.29, 1.82) is 0 Å². The number of anilines is 1. The second-order valence-electron chi connectivity index (χ2n) is 6.49. The normalized spacial score (nSPS) is 16.5. The van der Waals surface area contributed by atoms with Crippen LogP contribution in [0.1, 0.15) is 5.56 Å². The highest BCUT2D eigenvalue weighted by Crippen LogP contribution is 2.36. The molecule has 0 spiro atoms. The van der Waals surface area contributed by atoms with Gasteiger partial charge in [0.1, 0.15) is 0 Å². The van der Waals surface area contributed by atoms with E-state index in [0.717, 1.165) is 27.5 Å². The maximum absolute atomic E-state index is 13.1. The van der Waals surface area contributed by atoms with Gasteiger partial charge in [-0.1, -0.05) is 35.1 Å². The molecule has 0 aliphatic carbocycles. The second-order valence-corrected chi connectivity index (χ2v) is 9.85. The van der Waals surface area contributed by atoms with Crippen LogP contribution in [-0.4, -0.2) is 43.9 Å². The van der Waals surface area contributed by atoms with Gasteiger partial charge >= 0.3 is 6.18 Å². The molecule has 0 unspecified atom stereocenters. The van der Waals surface area contributed by atoms with Crippen LogP contribution in [0.5, 0.6) is 0 Å². The third kappa shape index (κ3) is 3.94. The van der Waals surface area contributed by atoms with Crippen molar-refractivity contribution in [1.82, 2.24) is 9.29 Å². The Bertz CT molecular complexity index is 1120. The number of aromatic nitrogens is 1. The molecular formula is C18H15ClF3N3O2S2. The minimum absolute atomic E-state index is 0.155. The van der Waals surface area contributed by atoms with E-state index in [1.807, 2.05) is 29.2 Å². The number of nitrogens with zero attached hydrogens (tertiary/aromatic N) is 3. The number of piperazine rings is 1. The predicted octanol–water partition coefficient (Wildman–Crippen LogP) is 4.48. The van der Waals surface area contributed by atoms with E-state index in [9.17, 15) is 21.6 Å². The highest BCUT2D eigenvalue weighted by Gasteiger charge is 2.36. The first kappa shape index (κ1) is 20.4. The summed E-state index contributed by atoms with van der Waals surface area (Å²) in [4.78, 5) is 6.14. The predicted molar refractivity (Wildman–Crippen MR) is 107 cm³/mol. The van der Waals surface area contributed by atoms with E-state index in [1.54, 1.807) is 0 Å². The summed E-state index contributed by atoms with van der Waals surface area (Å²) in [5.74, 6) is 0. The molecule has 0 saturated carbocycles. The lowest BCUT2D eigenvalue weighted by atomic mass is 10.2. The fraction of sp³-hybridized carbons (Fsp3) is 0.278. The molecule has 2 aromatic carbocycles. The van der Waals surface area contributed by atoms with Gasteiger partial charge in [-0.2, -0.15) is 17.5 Å². The van der Waals surface area contributed by atoms with Crippen LogP contribution in [0.3, 0.4) is 0 Å². The zero-order chi connectivity index (χ0) is 20.8. The molecule has 5 nitrogen and oxygen atoms in total. The summed E-state index contributed by atoms with van der Waals surface area (Å²) in [6, 6.07) is 10.4. The molecule has 1 aromatic heterocycles. The molecule has 1 aliphatic rings. The number of sulfonamides is 1. The van der Waals surface area contributed by atoms with Crippen LogP contribution >= 0.6 is 22.9 Å². The standard InChI is InChI=1S/C18H15ClF3N3O2S2/c19-14-6-5-12(11-13(14)18(20,21)22)29(26,27)25-9-7-24(8-10-25)17-23-15-3-1-2-4-16(15)28-17/h1-6,11H,7-10H2. The van der Waals surface area contributed by atoms with Crippen molar-refractivity contribution < 1.29 is 21.6 Å². The van der Waals surface area contributed by atoms with E-state index in [2.05, 4.69) is 4.98 Å². The van der Waals surface area contributed by atoms with Gasteiger partial charge in [0.05, 0.1) is 25.7 Å². The van der Waals surface area contributed by atoms with Gasteiger partial charge in [-0.15, -0.1) is 0 Å². The van der Waals surface area contributed by atoms with E-state index < -0.39 is 31.7 Å². The van der Waals surface area contributed by atoms with Crippen molar-refractivity contribution in [3.63, 3.8) is 0 Å². The summed E-state index contributed by atoms with van der Waals surface area (Å²) in [5.41, 5.74) is -0.281. The number of hydrogen-bond acceptors (Lipinski definition) is 5. The number of alkyl halides is 3. The average molecular weight is 462 g/mol. The molecule has 0 amide bonds. The molecule has 0 bridgehead atoms. The lowest BCUT2D eigenvalue weighted by Crippen LogP contribution is -2.48. The van der Waals surface area contributed by atoms with Crippen molar-refractivity contribution in [2.24, 2.45) is 0 Å². The van der Waals surface area contributed by atoms with Crippen LogP contribution in [0, 0.1) is 0 Å². The van der Waals surface area contributed by atoms with Crippen molar-refractivity contribution >= 4 is 48.3 Å². The first-order chi connectivity index (χ1) is 13.7. The molecule has 2 heterocycles. The monoisotopic (exact) mass is 461 g/mol. The molecule has 154 valence electrons. The quantitative estimate of drug-likeness (QED) is 0.577. The number of thiazole rings is 1. The number of hydrogen-bond donors (Lipinski definition) is 0. The van der Waals surface area contributed by atoms with Gasteiger partial charge in [0.2, 0.25) is 10.0 Å². The maximum Gasteiger partial charge on any atom is 0.417 e. The number of fused-ring (bicyclic) bond motifs is 1. The molecule has 11 heteroatoms. The van der Waals surface area contributed by atoms with Crippen molar-refractivity contribution in [3.05, 3.63) is 53.1 Å². The number of benzene rings is 2. The summed E-state index contributed by atoms with van der Waals surface area (Å²) >= 11 is 7.12. The highest BCUT2D eigenvalue weighted by molar-refractivity contribution is 7.89. The Morgan fingerprint density at radius 2 is 1.72 bits per heavy atom. The van der Waals surface area contributed by atoms with Crippen LogP contribution in [0.2, 0.25) is 5.02 Å². The van der Waals surface area contributed by atoms with Gasteiger partial charge in [-0.25, -0.2) is 13.4 Å². The van der Waals surface area contributed by atoms with Gasteiger partial charge in [0.15, 0.2) is 5.13 Å². The van der Waals surface area contributed by atoms with E-state index in [1.165, 1.54) is 15.6 Å². The molecule has 1 saturated heterocycles. The molecule has 4 rings (SSSR count). The van der Waals surface area contributed by atoms with Gasteiger partial charge < -0.3 is 4.90 Å². The number of para-hydroxylation sites is 1. The maximum atomic E-state index is 13.1. The zero-order valence-electron chi connectivity index (χ0n) is 14.9. The molecule has 0 radical (unpaired) electrons. The molecule has 29 heavy (non-hydrogen) atoms. The summed E-state index contributed by atoms with van der Waals surface area (Å²) < 4.78 is 67.2. The van der Waals surface area contributed by atoms with Gasteiger partial charge in [0, 0.05) is 26.2 Å². The number of rotatable bonds is 3. The Balaban J connectivity index is 1.53. The Morgan fingerprint density at radius 3 is 2.38 bits per heavy atom. The van der Waals surface area contributed by atoms with E-state index >= 15 is 0 Å². The van der Waals surface area contributed by atoms with Crippen molar-refractivity contribution in [2.75, 3.05) is 31.1 Å². The molecule has 0 atom stereocenters. The summed E-state index contributed by atoms with van der Waals surface area (Å²) in [6.45, 7) is 1.11. The SMILES string of the molecule is O=S(=O)(c1ccc(Cl)c(C(F)(F)F)c1)N1CCN(c2nc3ccccc3s2)CC1. The first-order valence-corrected chi connectivity index (χ1v) is 11.3. The fourth-order valence-corrected chi connectivity index (χ4v) is 5.84. The van der Waals surface area contributed by atoms with Crippen LogP contribution in [0.4, 0.5) is 18.3 Å². The number of halogens is 4.